The first-order valence-corrected chi connectivity index (χ1v) is 10.3. The van der Waals surface area contributed by atoms with Gasteiger partial charge in [0.1, 0.15) is 17.4 Å². The molecule has 3 heterocycles. The van der Waals surface area contributed by atoms with Crippen molar-refractivity contribution in [2.45, 2.75) is 52.4 Å². The van der Waals surface area contributed by atoms with Gasteiger partial charge in [-0.15, -0.1) is 0 Å². The van der Waals surface area contributed by atoms with E-state index >= 15 is 0 Å². The first-order valence-electron chi connectivity index (χ1n) is 10.3. The summed E-state index contributed by atoms with van der Waals surface area (Å²) in [5.74, 6) is -0.453. The third kappa shape index (κ3) is 3.03. The number of carbonyl (C=O) groups is 1. The Bertz CT molecular complexity index is 1090. The van der Waals surface area contributed by atoms with E-state index in [0.717, 1.165) is 35.4 Å². The number of hydrogen-bond donors (Lipinski definition) is 1. The number of nitrogens with one attached hydrogen (secondary N) is 1. The normalized spacial score (nSPS) is 21.9. The smallest absolute Gasteiger partial charge is 0.165 e. The molecule has 30 heavy (non-hydrogen) atoms. The van der Waals surface area contributed by atoms with Crippen LogP contribution < -0.4 is 5.32 Å². The Morgan fingerprint density at radius 1 is 1.23 bits per heavy atom. The molecular weight excluding hydrogens is 385 g/mol. The van der Waals surface area contributed by atoms with E-state index in [-0.39, 0.29) is 22.8 Å². The Hall–Kier alpha value is -2.69. The molecule has 1 N–H and O–H groups in total. The van der Waals surface area contributed by atoms with Crippen LogP contribution in [0.3, 0.4) is 0 Å². The molecule has 0 amide bonds. The van der Waals surface area contributed by atoms with Crippen molar-refractivity contribution in [3.05, 3.63) is 46.0 Å². The lowest BCUT2D eigenvalue weighted by molar-refractivity contribution is 0.0900. The summed E-state index contributed by atoms with van der Waals surface area (Å²) in [5.41, 5.74) is 4.40. The Labute approximate surface area is 174 Å². The number of hydrogen-bond acceptors (Lipinski definition) is 5. The van der Waals surface area contributed by atoms with E-state index in [4.69, 9.17) is 9.47 Å². The summed E-state index contributed by atoms with van der Waals surface area (Å²) < 4.78 is 28.0. The molecule has 1 atom stereocenters. The molecule has 1 unspecified atom stereocenters. The van der Waals surface area contributed by atoms with Gasteiger partial charge in [-0.05, 0) is 30.4 Å². The highest BCUT2D eigenvalue weighted by Crippen LogP contribution is 2.42. The number of benzene rings is 1. The summed E-state index contributed by atoms with van der Waals surface area (Å²) >= 11 is 0. The van der Waals surface area contributed by atoms with E-state index in [0.29, 0.717) is 44.2 Å². The van der Waals surface area contributed by atoms with E-state index in [1.807, 2.05) is 16.7 Å². The van der Waals surface area contributed by atoms with Gasteiger partial charge in [-0.2, -0.15) is 5.26 Å². The van der Waals surface area contributed by atoms with Gasteiger partial charge in [0.25, 0.3) is 0 Å². The highest BCUT2D eigenvalue weighted by atomic mass is 19.1. The maximum absolute atomic E-state index is 15.0. The van der Waals surface area contributed by atoms with Gasteiger partial charge in [0, 0.05) is 29.8 Å². The molecule has 6 nitrogen and oxygen atoms in total. The number of nitriles is 1. The standard InChI is InChI=1S/C23H24FN3O3/c1-23(2)7-19-22(21(28)8-23)16-11-30-12-20(16)27(19)14-5-17(24)15(9-25)18(6-14)26-13-3-4-29-10-13/h5-6,13,26H,3-4,7-8,10-12H2,1-2H3. The molecule has 0 saturated carbocycles. The van der Waals surface area contributed by atoms with Crippen LogP contribution in [0.2, 0.25) is 0 Å². The van der Waals surface area contributed by atoms with Crippen LogP contribution in [0.25, 0.3) is 5.69 Å². The molecule has 1 saturated heterocycles. The van der Waals surface area contributed by atoms with Crippen LogP contribution >= 0.6 is 0 Å². The Kier molecular flexibility index (Phi) is 4.46. The minimum absolute atomic E-state index is 0.00373. The molecule has 2 aromatic rings. The average molecular weight is 409 g/mol. The summed E-state index contributed by atoms with van der Waals surface area (Å²) in [6.07, 6.45) is 2.02. The van der Waals surface area contributed by atoms with E-state index in [9.17, 15) is 14.4 Å². The highest BCUT2D eigenvalue weighted by molar-refractivity contribution is 6.01. The van der Waals surface area contributed by atoms with Crippen molar-refractivity contribution in [2.75, 3.05) is 18.5 Å². The predicted molar refractivity (Wildman–Crippen MR) is 108 cm³/mol. The van der Waals surface area contributed by atoms with E-state index < -0.39 is 5.82 Å². The molecule has 156 valence electrons. The van der Waals surface area contributed by atoms with Crippen molar-refractivity contribution in [2.24, 2.45) is 5.41 Å². The van der Waals surface area contributed by atoms with Crippen LogP contribution in [-0.2, 0) is 29.1 Å². The van der Waals surface area contributed by atoms with Crippen LogP contribution in [-0.4, -0.2) is 29.6 Å². The molecule has 1 aromatic heterocycles. The van der Waals surface area contributed by atoms with Crippen molar-refractivity contribution >= 4 is 11.5 Å². The first kappa shape index (κ1) is 19.3. The topological polar surface area (TPSA) is 76.3 Å². The molecule has 1 aliphatic carbocycles. The van der Waals surface area contributed by atoms with Gasteiger partial charge in [0.2, 0.25) is 0 Å². The Balaban J connectivity index is 1.68. The van der Waals surface area contributed by atoms with Gasteiger partial charge in [-0.1, -0.05) is 13.8 Å². The summed E-state index contributed by atoms with van der Waals surface area (Å²) in [4.78, 5) is 13.0. The first-order chi connectivity index (χ1) is 14.4. The molecule has 1 fully saturated rings. The predicted octanol–water partition coefficient (Wildman–Crippen LogP) is 3.87. The van der Waals surface area contributed by atoms with Crippen LogP contribution in [0.15, 0.2) is 12.1 Å². The maximum Gasteiger partial charge on any atom is 0.165 e. The third-order valence-electron chi connectivity index (χ3n) is 6.26. The van der Waals surface area contributed by atoms with Crippen LogP contribution in [0.1, 0.15) is 59.6 Å². The van der Waals surface area contributed by atoms with Gasteiger partial charge in [0.05, 0.1) is 42.9 Å². The number of halogens is 1. The van der Waals surface area contributed by atoms with Crippen molar-refractivity contribution in [3.63, 3.8) is 0 Å². The van der Waals surface area contributed by atoms with Crippen molar-refractivity contribution < 1.29 is 18.7 Å². The SMILES string of the molecule is CC1(C)CC(=O)c2c3c(n(-c4cc(F)c(C#N)c(NC5CCOC5)c4)c2C1)COC3. The van der Waals surface area contributed by atoms with Crippen LogP contribution in [0.4, 0.5) is 10.1 Å². The third-order valence-corrected chi connectivity index (χ3v) is 6.26. The zero-order chi connectivity index (χ0) is 21.0. The molecule has 1 aromatic carbocycles. The Morgan fingerprint density at radius 3 is 2.80 bits per heavy atom. The monoisotopic (exact) mass is 409 g/mol. The van der Waals surface area contributed by atoms with Gasteiger partial charge in [-0.25, -0.2) is 4.39 Å². The molecule has 0 spiro atoms. The minimum atomic E-state index is -0.576. The number of ketones is 1. The van der Waals surface area contributed by atoms with Crippen LogP contribution in [0.5, 0.6) is 0 Å². The highest BCUT2D eigenvalue weighted by Gasteiger charge is 2.39. The van der Waals surface area contributed by atoms with Crippen molar-refractivity contribution in [1.82, 2.24) is 4.57 Å². The van der Waals surface area contributed by atoms with Crippen molar-refractivity contribution in [3.8, 4) is 11.8 Å². The van der Waals surface area contributed by atoms with E-state index in [1.54, 1.807) is 0 Å². The number of anilines is 1. The lowest BCUT2D eigenvalue weighted by Gasteiger charge is -2.30. The van der Waals surface area contributed by atoms with Gasteiger partial charge < -0.3 is 19.4 Å². The summed E-state index contributed by atoms with van der Waals surface area (Å²) in [6.45, 7) is 6.13. The fourth-order valence-electron chi connectivity index (χ4n) is 4.95. The second-order valence-corrected chi connectivity index (χ2v) is 9.18. The molecule has 0 bridgehead atoms. The number of fused-ring (bicyclic) bond motifs is 3. The number of rotatable bonds is 3. The summed E-state index contributed by atoms with van der Waals surface area (Å²) in [6, 6.07) is 5.22. The second kappa shape index (κ2) is 6.93. The largest absolute Gasteiger partial charge is 0.379 e. The minimum Gasteiger partial charge on any atom is -0.379 e. The molecule has 7 heteroatoms. The average Bonchev–Trinajstić information content (AvgIpc) is 3.37. The number of aromatic nitrogens is 1. The van der Waals surface area contributed by atoms with Gasteiger partial charge in [-0.3, -0.25) is 4.79 Å². The summed E-state index contributed by atoms with van der Waals surface area (Å²) in [7, 11) is 0. The molecular formula is C23H24FN3O3. The quantitative estimate of drug-likeness (QED) is 0.833. The van der Waals surface area contributed by atoms with Crippen LogP contribution in [0, 0.1) is 22.6 Å². The molecule has 0 radical (unpaired) electrons. The second-order valence-electron chi connectivity index (χ2n) is 9.18. The van der Waals surface area contributed by atoms with Gasteiger partial charge >= 0.3 is 0 Å². The number of carbonyl (C=O) groups excluding carboxylic acids is 1. The molecule has 3 aliphatic rings. The fraction of sp³-hybridized carbons (Fsp3) is 0.478. The lowest BCUT2D eigenvalue weighted by atomic mass is 9.75. The summed E-state index contributed by atoms with van der Waals surface area (Å²) in [5, 5.41) is 12.8. The number of nitrogens with zero attached hydrogens (tertiary/aromatic N) is 2. The number of ether oxygens (including phenoxy) is 2. The van der Waals surface area contributed by atoms with E-state index in [2.05, 4.69) is 19.2 Å². The molecule has 5 rings (SSSR count). The van der Waals surface area contributed by atoms with Crippen molar-refractivity contribution in [1.29, 1.82) is 5.26 Å². The number of Topliss-reactive ketones (excluding diaryl/α,β-unsaturated/α-hetero) is 1. The zero-order valence-corrected chi connectivity index (χ0v) is 17.2. The molecule has 2 aliphatic heterocycles. The zero-order valence-electron chi connectivity index (χ0n) is 17.2. The maximum atomic E-state index is 15.0. The Morgan fingerprint density at radius 2 is 2.07 bits per heavy atom. The van der Waals surface area contributed by atoms with E-state index in [1.165, 1.54) is 6.07 Å². The van der Waals surface area contributed by atoms with Gasteiger partial charge in [0.15, 0.2) is 5.78 Å². The lowest BCUT2D eigenvalue weighted by Crippen LogP contribution is -2.28. The fourth-order valence-corrected chi connectivity index (χ4v) is 4.95.